The van der Waals surface area contributed by atoms with Crippen LogP contribution in [0.4, 0.5) is 10.3 Å². The van der Waals surface area contributed by atoms with E-state index in [1.54, 1.807) is 24.4 Å². The molecule has 1 aromatic carbocycles. The maximum Gasteiger partial charge on any atom is 0.270 e. The van der Waals surface area contributed by atoms with E-state index in [0.717, 1.165) is 25.1 Å². The van der Waals surface area contributed by atoms with Gasteiger partial charge in [-0.25, -0.2) is 14.4 Å². The highest BCUT2D eigenvalue weighted by atomic mass is 19.1. The van der Waals surface area contributed by atoms with Crippen molar-refractivity contribution in [3.63, 3.8) is 0 Å². The third-order valence-electron chi connectivity index (χ3n) is 4.18. The molecule has 5 nitrogen and oxygen atoms in total. The van der Waals surface area contributed by atoms with E-state index in [0.29, 0.717) is 24.1 Å². The predicted octanol–water partition coefficient (Wildman–Crippen LogP) is 2.78. The van der Waals surface area contributed by atoms with Crippen molar-refractivity contribution in [2.75, 3.05) is 18.0 Å². The largest absolute Gasteiger partial charge is 0.347 e. The van der Waals surface area contributed by atoms with Crippen LogP contribution in [-0.2, 0) is 6.54 Å². The fraction of sp³-hybridized carbons (Fsp3) is 0.389. The van der Waals surface area contributed by atoms with Crippen LogP contribution in [0.5, 0.6) is 0 Å². The Balaban J connectivity index is 1.64. The Hall–Kier alpha value is -2.50. The summed E-state index contributed by atoms with van der Waals surface area (Å²) in [5.74, 6) is 0.670. The van der Waals surface area contributed by atoms with Crippen molar-refractivity contribution in [1.29, 1.82) is 0 Å². The maximum absolute atomic E-state index is 12.9. The molecule has 0 saturated carbocycles. The number of piperidine rings is 1. The van der Waals surface area contributed by atoms with Gasteiger partial charge in [-0.3, -0.25) is 4.79 Å². The highest BCUT2D eigenvalue weighted by molar-refractivity contribution is 5.92. The Kier molecular flexibility index (Phi) is 5.03. The first-order valence-corrected chi connectivity index (χ1v) is 8.22. The predicted molar refractivity (Wildman–Crippen MR) is 90.2 cm³/mol. The quantitative estimate of drug-likeness (QED) is 0.937. The summed E-state index contributed by atoms with van der Waals surface area (Å²) in [7, 11) is 0. The maximum atomic E-state index is 12.9. The summed E-state index contributed by atoms with van der Waals surface area (Å²) >= 11 is 0. The van der Waals surface area contributed by atoms with Gasteiger partial charge in [-0.2, -0.15) is 0 Å². The molecule has 1 saturated heterocycles. The van der Waals surface area contributed by atoms with Crippen LogP contribution in [0.1, 0.15) is 35.8 Å². The monoisotopic (exact) mass is 328 g/mol. The van der Waals surface area contributed by atoms with Crippen LogP contribution in [0.25, 0.3) is 0 Å². The number of carbonyl (C=O) groups excluding carboxylic acids is 1. The lowest BCUT2D eigenvalue weighted by atomic mass is 10.0. The first-order valence-electron chi connectivity index (χ1n) is 8.22. The molecule has 1 aromatic heterocycles. The molecular weight excluding hydrogens is 307 g/mol. The summed E-state index contributed by atoms with van der Waals surface area (Å²) in [6.45, 7) is 4.39. The van der Waals surface area contributed by atoms with Crippen LogP contribution in [0.15, 0.2) is 36.5 Å². The zero-order valence-corrected chi connectivity index (χ0v) is 13.7. The summed E-state index contributed by atoms with van der Waals surface area (Å²) in [6.07, 6.45) is 3.95. The van der Waals surface area contributed by atoms with Crippen molar-refractivity contribution >= 4 is 11.9 Å². The number of carbonyl (C=O) groups is 1. The minimum atomic E-state index is -0.290. The second-order valence-electron chi connectivity index (χ2n) is 6.24. The lowest BCUT2D eigenvalue weighted by molar-refractivity contribution is 0.0946. The number of halogens is 1. The number of benzene rings is 1. The molecule has 2 heterocycles. The Labute approximate surface area is 140 Å². The van der Waals surface area contributed by atoms with E-state index in [1.807, 2.05) is 0 Å². The lowest BCUT2D eigenvalue weighted by Gasteiger charge is -2.30. The molecule has 3 rings (SSSR count). The second kappa shape index (κ2) is 7.38. The number of nitrogens with zero attached hydrogens (tertiary/aromatic N) is 3. The average molecular weight is 328 g/mol. The summed E-state index contributed by atoms with van der Waals surface area (Å²) in [5.41, 5.74) is 1.18. The molecule has 6 heteroatoms. The molecule has 24 heavy (non-hydrogen) atoms. The molecule has 1 aliphatic heterocycles. The van der Waals surface area contributed by atoms with Crippen molar-refractivity contribution in [3.8, 4) is 0 Å². The third-order valence-corrected chi connectivity index (χ3v) is 4.18. The smallest absolute Gasteiger partial charge is 0.270 e. The zero-order chi connectivity index (χ0) is 16.9. The molecule has 1 amide bonds. The number of hydrogen-bond donors (Lipinski definition) is 1. The summed E-state index contributed by atoms with van der Waals surface area (Å²) in [6, 6.07) is 7.66. The van der Waals surface area contributed by atoms with Crippen molar-refractivity contribution in [2.45, 2.75) is 26.3 Å². The minimum absolute atomic E-state index is 0.256. The molecule has 1 aliphatic rings. The van der Waals surface area contributed by atoms with Crippen LogP contribution in [-0.4, -0.2) is 29.0 Å². The SMILES string of the molecule is CC1CCCN(c2nccc(C(=O)NCc3ccc(F)cc3)n2)C1. The van der Waals surface area contributed by atoms with Gasteiger partial charge in [0.05, 0.1) is 0 Å². The second-order valence-corrected chi connectivity index (χ2v) is 6.24. The Morgan fingerprint density at radius 2 is 2.12 bits per heavy atom. The molecular formula is C18H21FN4O. The first-order chi connectivity index (χ1) is 11.6. The van der Waals surface area contributed by atoms with E-state index in [-0.39, 0.29) is 11.7 Å². The lowest BCUT2D eigenvalue weighted by Crippen LogP contribution is -2.36. The van der Waals surface area contributed by atoms with Crippen LogP contribution in [0.2, 0.25) is 0 Å². The molecule has 1 atom stereocenters. The van der Waals surface area contributed by atoms with Gasteiger partial charge >= 0.3 is 0 Å². The third kappa shape index (κ3) is 4.07. The van der Waals surface area contributed by atoms with Crippen molar-refractivity contribution in [2.24, 2.45) is 5.92 Å². The van der Waals surface area contributed by atoms with Gasteiger partial charge in [0, 0.05) is 25.8 Å². The highest BCUT2D eigenvalue weighted by Crippen LogP contribution is 2.19. The van der Waals surface area contributed by atoms with Crippen LogP contribution >= 0.6 is 0 Å². The number of rotatable bonds is 4. The van der Waals surface area contributed by atoms with E-state index in [4.69, 9.17) is 0 Å². The van der Waals surface area contributed by atoms with Gasteiger partial charge in [-0.15, -0.1) is 0 Å². The zero-order valence-electron chi connectivity index (χ0n) is 13.7. The van der Waals surface area contributed by atoms with Crippen molar-refractivity contribution in [3.05, 3.63) is 53.6 Å². The van der Waals surface area contributed by atoms with Crippen LogP contribution < -0.4 is 10.2 Å². The Bertz CT molecular complexity index is 704. The molecule has 2 aromatic rings. The van der Waals surface area contributed by atoms with E-state index in [1.165, 1.54) is 18.6 Å². The number of hydrogen-bond acceptors (Lipinski definition) is 4. The summed E-state index contributed by atoms with van der Waals surface area (Å²) < 4.78 is 12.9. The molecule has 0 bridgehead atoms. The topological polar surface area (TPSA) is 58.1 Å². The van der Waals surface area contributed by atoms with Crippen LogP contribution in [0.3, 0.4) is 0 Å². The van der Waals surface area contributed by atoms with Crippen molar-refractivity contribution < 1.29 is 9.18 Å². The first kappa shape index (κ1) is 16.4. The number of anilines is 1. The molecule has 0 spiro atoms. The molecule has 0 radical (unpaired) electrons. The van der Waals surface area contributed by atoms with E-state index >= 15 is 0 Å². The van der Waals surface area contributed by atoms with E-state index in [9.17, 15) is 9.18 Å². The number of amides is 1. The molecule has 1 fully saturated rings. The van der Waals surface area contributed by atoms with Gasteiger partial charge in [-0.1, -0.05) is 19.1 Å². The fourth-order valence-corrected chi connectivity index (χ4v) is 2.87. The Morgan fingerprint density at radius 1 is 1.33 bits per heavy atom. The molecule has 1 N–H and O–H groups in total. The van der Waals surface area contributed by atoms with Gasteiger partial charge in [0.25, 0.3) is 5.91 Å². The number of aromatic nitrogens is 2. The minimum Gasteiger partial charge on any atom is -0.347 e. The van der Waals surface area contributed by atoms with Gasteiger partial charge in [0.15, 0.2) is 0 Å². The van der Waals surface area contributed by atoms with E-state index in [2.05, 4.69) is 27.1 Å². The molecule has 1 unspecified atom stereocenters. The van der Waals surface area contributed by atoms with Gasteiger partial charge in [0.2, 0.25) is 5.95 Å². The van der Waals surface area contributed by atoms with Gasteiger partial charge in [-0.05, 0) is 42.5 Å². The van der Waals surface area contributed by atoms with E-state index < -0.39 is 0 Å². The summed E-state index contributed by atoms with van der Waals surface area (Å²) in [5, 5.41) is 2.80. The normalized spacial score (nSPS) is 17.6. The van der Waals surface area contributed by atoms with Crippen LogP contribution in [0, 0.1) is 11.7 Å². The molecule has 126 valence electrons. The standard InChI is InChI=1S/C18H21FN4O/c1-13-3-2-10-23(12-13)18-20-9-8-16(22-18)17(24)21-11-14-4-6-15(19)7-5-14/h4-9,13H,2-3,10-12H2,1H3,(H,21,24). The van der Waals surface area contributed by atoms with Gasteiger partial charge in [0.1, 0.15) is 11.5 Å². The Morgan fingerprint density at radius 3 is 2.88 bits per heavy atom. The summed E-state index contributed by atoms with van der Waals surface area (Å²) in [4.78, 5) is 23.1. The average Bonchev–Trinajstić information content (AvgIpc) is 2.61. The highest BCUT2D eigenvalue weighted by Gasteiger charge is 2.19. The fourth-order valence-electron chi connectivity index (χ4n) is 2.87. The van der Waals surface area contributed by atoms with Gasteiger partial charge < -0.3 is 10.2 Å². The molecule has 0 aliphatic carbocycles. The number of nitrogens with one attached hydrogen (secondary N) is 1. The van der Waals surface area contributed by atoms with Crippen molar-refractivity contribution in [1.82, 2.24) is 15.3 Å².